The lowest BCUT2D eigenvalue weighted by atomic mass is 10.2. The number of halogens is 1. The highest BCUT2D eigenvalue weighted by Gasteiger charge is 2.38. The summed E-state index contributed by atoms with van der Waals surface area (Å²) in [6.07, 6.45) is 0. The summed E-state index contributed by atoms with van der Waals surface area (Å²) >= 11 is 5.95. The van der Waals surface area contributed by atoms with Crippen molar-refractivity contribution in [3.8, 4) is 17.1 Å². The van der Waals surface area contributed by atoms with Crippen molar-refractivity contribution in [2.75, 3.05) is 13.7 Å². The average molecular weight is 488 g/mol. The fraction of sp³-hybridized carbons (Fsp3) is 0.375. The Bertz CT molecular complexity index is 1080. The summed E-state index contributed by atoms with van der Waals surface area (Å²) in [5.74, 6) is 1.16. The van der Waals surface area contributed by atoms with Crippen LogP contribution in [0.15, 0.2) is 53.1 Å². The summed E-state index contributed by atoms with van der Waals surface area (Å²) in [6, 6.07) is 13.4. The number of carbonyl (C=O) groups is 1. The van der Waals surface area contributed by atoms with Gasteiger partial charge < -0.3 is 19.0 Å². The highest BCUT2D eigenvalue weighted by molar-refractivity contribution is 6.74. The lowest BCUT2D eigenvalue weighted by molar-refractivity contribution is 0.0904. The van der Waals surface area contributed by atoms with Crippen LogP contribution in [0.25, 0.3) is 11.4 Å². The third kappa shape index (κ3) is 6.22. The Morgan fingerprint density at radius 2 is 1.76 bits per heavy atom. The fourth-order valence-corrected chi connectivity index (χ4v) is 3.90. The first-order valence-corrected chi connectivity index (χ1v) is 14.0. The van der Waals surface area contributed by atoms with Crippen LogP contribution >= 0.6 is 11.6 Å². The Kier molecular flexibility index (Phi) is 7.61. The molecule has 3 rings (SSSR count). The van der Waals surface area contributed by atoms with E-state index in [0.717, 1.165) is 11.3 Å². The second-order valence-corrected chi connectivity index (χ2v) is 14.5. The molecule has 0 aliphatic carbocycles. The van der Waals surface area contributed by atoms with E-state index >= 15 is 0 Å². The van der Waals surface area contributed by atoms with Gasteiger partial charge in [-0.2, -0.15) is 4.98 Å². The molecule has 3 aromatic rings. The van der Waals surface area contributed by atoms with E-state index < -0.39 is 14.4 Å². The zero-order valence-electron chi connectivity index (χ0n) is 19.8. The van der Waals surface area contributed by atoms with Crippen LogP contribution in [0.1, 0.15) is 43.1 Å². The maximum Gasteiger partial charge on any atom is 0.251 e. The fourth-order valence-electron chi connectivity index (χ4n) is 2.76. The summed E-state index contributed by atoms with van der Waals surface area (Å²) in [5, 5.41) is 7.66. The van der Waals surface area contributed by atoms with E-state index in [1.807, 2.05) is 24.3 Å². The van der Waals surface area contributed by atoms with Gasteiger partial charge >= 0.3 is 0 Å². The van der Waals surface area contributed by atoms with Crippen LogP contribution < -0.4 is 10.1 Å². The lowest BCUT2D eigenvalue weighted by Gasteiger charge is -2.37. The molecule has 0 fully saturated rings. The Morgan fingerprint density at radius 3 is 2.33 bits per heavy atom. The Labute approximate surface area is 200 Å². The molecule has 1 heterocycles. The summed E-state index contributed by atoms with van der Waals surface area (Å²) in [4.78, 5) is 17.4. The van der Waals surface area contributed by atoms with Crippen molar-refractivity contribution in [3.05, 3.63) is 65.0 Å². The zero-order valence-corrected chi connectivity index (χ0v) is 21.6. The van der Waals surface area contributed by atoms with Crippen molar-refractivity contribution in [2.45, 2.75) is 44.9 Å². The predicted molar refractivity (Wildman–Crippen MR) is 131 cm³/mol. The largest absolute Gasteiger partial charge is 0.497 e. The molecule has 0 radical (unpaired) electrons. The zero-order chi connectivity index (χ0) is 24.2. The van der Waals surface area contributed by atoms with E-state index in [1.54, 1.807) is 31.4 Å². The minimum Gasteiger partial charge on any atom is -0.497 e. The number of methoxy groups -OCH3 is 1. The van der Waals surface area contributed by atoms with E-state index in [1.165, 1.54) is 0 Å². The van der Waals surface area contributed by atoms with E-state index in [0.29, 0.717) is 16.4 Å². The second kappa shape index (κ2) is 10.1. The first kappa shape index (κ1) is 24.9. The highest BCUT2D eigenvalue weighted by atomic mass is 35.5. The Balaban J connectivity index is 1.85. The number of hydrogen-bond acceptors (Lipinski definition) is 6. The van der Waals surface area contributed by atoms with Crippen LogP contribution in [-0.2, 0) is 4.43 Å². The van der Waals surface area contributed by atoms with Gasteiger partial charge in [0.2, 0.25) is 5.82 Å². The molecule has 176 valence electrons. The van der Waals surface area contributed by atoms with Gasteiger partial charge in [-0.1, -0.05) is 37.5 Å². The van der Waals surface area contributed by atoms with Crippen LogP contribution in [0.4, 0.5) is 0 Å². The minimum atomic E-state index is -2.08. The van der Waals surface area contributed by atoms with Crippen molar-refractivity contribution < 1.29 is 18.5 Å². The minimum absolute atomic E-state index is 0.0147. The molecule has 0 aliphatic heterocycles. The summed E-state index contributed by atoms with van der Waals surface area (Å²) in [7, 11) is -0.470. The molecule has 1 amide bonds. The number of benzene rings is 2. The Hall–Kier alpha value is -2.68. The molecule has 33 heavy (non-hydrogen) atoms. The van der Waals surface area contributed by atoms with Crippen LogP contribution in [0.5, 0.6) is 5.75 Å². The number of carbonyl (C=O) groups excluding carboxylic acids is 1. The van der Waals surface area contributed by atoms with Gasteiger partial charge in [0.05, 0.1) is 13.7 Å². The molecule has 1 atom stereocenters. The molecule has 1 N–H and O–H groups in total. The third-order valence-electron chi connectivity index (χ3n) is 5.92. The average Bonchev–Trinajstić information content (AvgIpc) is 3.26. The standard InChI is InChI=1S/C24H30ClN3O4Si/c1-24(2,3)33(5,6)31-15-20(26-22(29)17-7-11-18(25)12-8-17)23-27-21(28-32-23)16-9-13-19(30-4)14-10-16/h7-14,20H,15H2,1-6H3,(H,26,29)/t20-/m0/s1. The number of nitrogens with zero attached hydrogens (tertiary/aromatic N) is 2. The van der Waals surface area contributed by atoms with Gasteiger partial charge in [0, 0.05) is 16.1 Å². The molecule has 7 nitrogen and oxygen atoms in total. The number of rotatable bonds is 8. The molecule has 0 spiro atoms. The Morgan fingerprint density at radius 1 is 1.12 bits per heavy atom. The van der Waals surface area contributed by atoms with Gasteiger partial charge in [-0.05, 0) is 66.7 Å². The van der Waals surface area contributed by atoms with Crippen molar-refractivity contribution in [1.29, 1.82) is 0 Å². The highest BCUT2D eigenvalue weighted by Crippen LogP contribution is 2.37. The number of hydrogen-bond donors (Lipinski definition) is 1. The molecule has 0 unspecified atom stereocenters. The van der Waals surface area contributed by atoms with E-state index in [9.17, 15) is 4.79 Å². The third-order valence-corrected chi connectivity index (χ3v) is 10.7. The van der Waals surface area contributed by atoms with Gasteiger partial charge in [-0.25, -0.2) is 0 Å². The van der Waals surface area contributed by atoms with Crippen molar-refractivity contribution in [3.63, 3.8) is 0 Å². The topological polar surface area (TPSA) is 86.5 Å². The smallest absolute Gasteiger partial charge is 0.251 e. The molecule has 2 aromatic carbocycles. The monoisotopic (exact) mass is 487 g/mol. The predicted octanol–water partition coefficient (Wildman–Crippen LogP) is 5.89. The lowest BCUT2D eigenvalue weighted by Crippen LogP contribution is -2.43. The van der Waals surface area contributed by atoms with Gasteiger partial charge in [-0.15, -0.1) is 0 Å². The van der Waals surface area contributed by atoms with Crippen LogP contribution in [0.3, 0.4) is 0 Å². The van der Waals surface area contributed by atoms with Crippen LogP contribution in [0, 0.1) is 0 Å². The van der Waals surface area contributed by atoms with E-state index in [2.05, 4.69) is 49.3 Å². The number of nitrogens with one attached hydrogen (secondary N) is 1. The summed E-state index contributed by atoms with van der Waals surface area (Å²) < 4.78 is 17.1. The SMILES string of the molecule is COc1ccc(-c2noc([C@H](CO[Si](C)(C)C(C)(C)C)NC(=O)c3ccc(Cl)cc3)n2)cc1. The van der Waals surface area contributed by atoms with Gasteiger partial charge in [0.15, 0.2) is 8.32 Å². The molecule has 0 bridgehead atoms. The van der Waals surface area contributed by atoms with Gasteiger partial charge in [0.1, 0.15) is 11.8 Å². The van der Waals surface area contributed by atoms with Crippen LogP contribution in [-0.4, -0.2) is 38.1 Å². The normalized spacial score (nSPS) is 12.9. The number of amides is 1. The first-order valence-electron chi connectivity index (χ1n) is 10.7. The van der Waals surface area contributed by atoms with Crippen molar-refractivity contribution >= 4 is 25.8 Å². The van der Waals surface area contributed by atoms with E-state index in [-0.39, 0.29) is 23.4 Å². The molecule has 0 saturated carbocycles. The number of ether oxygens (including phenoxy) is 1. The molecule has 0 aliphatic rings. The van der Waals surface area contributed by atoms with Crippen molar-refractivity contribution in [2.24, 2.45) is 0 Å². The summed E-state index contributed by atoms with van der Waals surface area (Å²) in [5.41, 5.74) is 1.26. The maximum absolute atomic E-state index is 12.9. The van der Waals surface area contributed by atoms with Crippen LogP contribution in [0.2, 0.25) is 23.2 Å². The molecule has 1 aromatic heterocycles. The molecular weight excluding hydrogens is 458 g/mol. The molecular formula is C24H30ClN3O4Si. The number of aromatic nitrogens is 2. The first-order chi connectivity index (χ1) is 15.5. The molecule has 9 heteroatoms. The summed E-state index contributed by atoms with van der Waals surface area (Å²) in [6.45, 7) is 11.0. The van der Waals surface area contributed by atoms with Gasteiger partial charge in [0.25, 0.3) is 11.8 Å². The van der Waals surface area contributed by atoms with E-state index in [4.69, 9.17) is 25.3 Å². The van der Waals surface area contributed by atoms with Gasteiger partial charge in [-0.3, -0.25) is 4.79 Å². The maximum atomic E-state index is 12.9. The second-order valence-electron chi connectivity index (χ2n) is 9.29. The van der Waals surface area contributed by atoms with Crippen molar-refractivity contribution in [1.82, 2.24) is 15.5 Å². The quantitative estimate of drug-likeness (QED) is 0.398. The molecule has 0 saturated heterocycles.